The highest BCUT2D eigenvalue weighted by Gasteiger charge is 2.22. The van der Waals surface area contributed by atoms with Gasteiger partial charge in [-0.25, -0.2) is 14.2 Å². The Morgan fingerprint density at radius 3 is 2.50 bits per heavy atom. The number of thiazole rings is 1. The van der Waals surface area contributed by atoms with Crippen LogP contribution in [0.4, 0.5) is 4.39 Å². The van der Waals surface area contributed by atoms with Gasteiger partial charge in [0.2, 0.25) is 5.91 Å². The van der Waals surface area contributed by atoms with Gasteiger partial charge in [0, 0.05) is 10.9 Å². The molecule has 1 heterocycles. The minimum atomic E-state index is -1.14. The van der Waals surface area contributed by atoms with Gasteiger partial charge in [-0.2, -0.15) is 0 Å². The fourth-order valence-corrected chi connectivity index (χ4v) is 3.30. The van der Waals surface area contributed by atoms with Crippen molar-refractivity contribution in [1.82, 2.24) is 10.3 Å². The number of carbonyl (C=O) groups is 2. The molecule has 132 valence electrons. The van der Waals surface area contributed by atoms with Crippen LogP contribution in [0.15, 0.2) is 60.0 Å². The molecule has 2 aromatic carbocycles. The van der Waals surface area contributed by atoms with E-state index in [-0.39, 0.29) is 12.2 Å². The lowest BCUT2D eigenvalue weighted by molar-refractivity contribution is -0.142. The zero-order valence-corrected chi connectivity index (χ0v) is 14.4. The number of carboxylic acids is 1. The summed E-state index contributed by atoms with van der Waals surface area (Å²) in [6, 6.07) is 13.6. The Morgan fingerprint density at radius 2 is 1.81 bits per heavy atom. The second-order valence-corrected chi connectivity index (χ2v) is 6.41. The molecule has 2 N–H and O–H groups in total. The number of nitrogens with zero attached hydrogens (tertiary/aromatic N) is 1. The molecule has 7 heteroatoms. The summed E-state index contributed by atoms with van der Waals surface area (Å²) in [7, 11) is 0. The summed E-state index contributed by atoms with van der Waals surface area (Å²) in [5.74, 6) is -1.99. The van der Waals surface area contributed by atoms with E-state index in [0.717, 1.165) is 0 Å². The molecule has 0 aliphatic rings. The summed E-state index contributed by atoms with van der Waals surface area (Å²) in [6.07, 6.45) is -0.0818. The maximum absolute atomic E-state index is 13.8. The number of aromatic nitrogens is 1. The third kappa shape index (κ3) is 4.12. The smallest absolute Gasteiger partial charge is 0.330 e. The first-order valence-electron chi connectivity index (χ1n) is 7.81. The molecule has 0 saturated carbocycles. The number of benzene rings is 2. The van der Waals surface area contributed by atoms with Crippen LogP contribution >= 0.6 is 11.3 Å². The molecule has 1 aromatic heterocycles. The van der Waals surface area contributed by atoms with Crippen LogP contribution in [0, 0.1) is 5.82 Å². The highest BCUT2D eigenvalue weighted by Crippen LogP contribution is 2.26. The molecule has 0 bridgehead atoms. The van der Waals surface area contributed by atoms with Gasteiger partial charge in [0.15, 0.2) is 6.04 Å². The van der Waals surface area contributed by atoms with Crippen molar-refractivity contribution in [2.75, 3.05) is 0 Å². The van der Waals surface area contributed by atoms with Gasteiger partial charge in [0.1, 0.15) is 10.8 Å². The first kappa shape index (κ1) is 17.8. The molecule has 3 rings (SSSR count). The van der Waals surface area contributed by atoms with Crippen molar-refractivity contribution in [3.63, 3.8) is 0 Å². The highest BCUT2D eigenvalue weighted by atomic mass is 32.1. The monoisotopic (exact) mass is 370 g/mol. The van der Waals surface area contributed by atoms with Gasteiger partial charge in [-0.05, 0) is 17.7 Å². The summed E-state index contributed by atoms with van der Waals surface area (Å²) < 4.78 is 13.8. The normalized spacial score (nSPS) is 11.7. The molecule has 0 aliphatic carbocycles. The fourth-order valence-electron chi connectivity index (χ4n) is 2.46. The minimum absolute atomic E-state index is 0.0818. The largest absolute Gasteiger partial charge is 0.479 e. The first-order valence-corrected chi connectivity index (χ1v) is 8.69. The van der Waals surface area contributed by atoms with Gasteiger partial charge in [0.25, 0.3) is 0 Å². The second-order valence-electron chi connectivity index (χ2n) is 5.55. The first-order chi connectivity index (χ1) is 12.5. The number of aliphatic carboxylic acids is 1. The van der Waals surface area contributed by atoms with Crippen molar-refractivity contribution < 1.29 is 19.1 Å². The molecule has 0 fully saturated rings. The van der Waals surface area contributed by atoms with Gasteiger partial charge in [-0.15, -0.1) is 11.3 Å². The minimum Gasteiger partial charge on any atom is -0.479 e. The molecule has 1 amide bonds. The summed E-state index contributed by atoms with van der Waals surface area (Å²) >= 11 is 1.23. The van der Waals surface area contributed by atoms with E-state index in [9.17, 15) is 19.1 Å². The van der Waals surface area contributed by atoms with Crippen LogP contribution in [0.1, 0.15) is 17.3 Å². The standard InChI is InChI=1S/C19H15FN2O3S/c20-15-9-5-4-8-14(15)18-21-13(11-26-18)10-16(23)22-17(19(24)25)12-6-2-1-3-7-12/h1-9,11,17H,10H2,(H,22,23)(H,24,25)/t17-/m0/s1. The lowest BCUT2D eigenvalue weighted by Gasteiger charge is -2.14. The number of carbonyl (C=O) groups excluding carboxylic acids is 1. The lowest BCUT2D eigenvalue weighted by Crippen LogP contribution is -2.34. The fraction of sp³-hybridized carbons (Fsp3) is 0.105. The van der Waals surface area contributed by atoms with Crippen molar-refractivity contribution in [1.29, 1.82) is 0 Å². The van der Waals surface area contributed by atoms with E-state index in [0.29, 0.717) is 21.8 Å². The van der Waals surface area contributed by atoms with Crippen LogP contribution < -0.4 is 5.32 Å². The third-order valence-electron chi connectivity index (χ3n) is 3.68. The maximum Gasteiger partial charge on any atom is 0.330 e. The Bertz CT molecular complexity index is 927. The zero-order chi connectivity index (χ0) is 18.5. The number of nitrogens with one attached hydrogen (secondary N) is 1. The van der Waals surface area contributed by atoms with Crippen LogP contribution in [-0.4, -0.2) is 22.0 Å². The Hall–Kier alpha value is -3.06. The molecule has 1 atom stereocenters. The van der Waals surface area contributed by atoms with E-state index in [2.05, 4.69) is 10.3 Å². The van der Waals surface area contributed by atoms with Crippen LogP contribution in [0.2, 0.25) is 0 Å². The number of halogens is 1. The van der Waals surface area contributed by atoms with Crippen molar-refractivity contribution in [2.45, 2.75) is 12.5 Å². The predicted molar refractivity (Wildman–Crippen MR) is 96.2 cm³/mol. The number of rotatable bonds is 6. The van der Waals surface area contributed by atoms with E-state index in [1.165, 1.54) is 17.4 Å². The van der Waals surface area contributed by atoms with Crippen LogP contribution in [0.5, 0.6) is 0 Å². The van der Waals surface area contributed by atoms with Crippen LogP contribution in [-0.2, 0) is 16.0 Å². The SMILES string of the molecule is O=C(Cc1csc(-c2ccccc2F)n1)N[C@H](C(=O)O)c1ccccc1. The summed E-state index contributed by atoms with van der Waals surface area (Å²) in [5, 5.41) is 14.0. The molecule has 3 aromatic rings. The lowest BCUT2D eigenvalue weighted by atomic mass is 10.1. The average molecular weight is 370 g/mol. The molecule has 0 radical (unpaired) electrons. The van der Waals surface area contributed by atoms with Crippen molar-refractivity contribution in [2.24, 2.45) is 0 Å². The molecular formula is C19H15FN2O3S. The number of carboxylic acid groups (broad SMARTS) is 1. The van der Waals surface area contributed by atoms with Crippen LogP contribution in [0.3, 0.4) is 0 Å². The number of hydrogen-bond donors (Lipinski definition) is 2. The summed E-state index contributed by atoms with van der Waals surface area (Å²) in [6.45, 7) is 0. The van der Waals surface area contributed by atoms with Crippen molar-refractivity contribution >= 4 is 23.2 Å². The van der Waals surface area contributed by atoms with E-state index in [1.54, 1.807) is 53.9 Å². The van der Waals surface area contributed by atoms with Gasteiger partial charge >= 0.3 is 5.97 Å². The van der Waals surface area contributed by atoms with E-state index < -0.39 is 17.9 Å². The van der Waals surface area contributed by atoms with Crippen LogP contribution in [0.25, 0.3) is 10.6 Å². The number of hydrogen-bond acceptors (Lipinski definition) is 4. The number of amides is 1. The highest BCUT2D eigenvalue weighted by molar-refractivity contribution is 7.13. The Balaban J connectivity index is 1.70. The molecule has 26 heavy (non-hydrogen) atoms. The summed E-state index contributed by atoms with van der Waals surface area (Å²) in [5.41, 5.74) is 1.32. The summed E-state index contributed by atoms with van der Waals surface area (Å²) in [4.78, 5) is 28.0. The molecule has 5 nitrogen and oxygen atoms in total. The van der Waals surface area contributed by atoms with Gasteiger partial charge in [-0.3, -0.25) is 4.79 Å². The quantitative estimate of drug-likeness (QED) is 0.697. The van der Waals surface area contributed by atoms with E-state index in [4.69, 9.17) is 0 Å². The second kappa shape index (κ2) is 7.88. The van der Waals surface area contributed by atoms with Gasteiger partial charge < -0.3 is 10.4 Å². The Morgan fingerprint density at radius 1 is 1.12 bits per heavy atom. The molecular weight excluding hydrogens is 355 g/mol. The molecule has 0 spiro atoms. The molecule has 0 aliphatic heterocycles. The van der Waals surface area contributed by atoms with Crippen molar-refractivity contribution in [3.8, 4) is 10.6 Å². The average Bonchev–Trinajstić information content (AvgIpc) is 3.08. The van der Waals surface area contributed by atoms with E-state index >= 15 is 0 Å². The van der Waals surface area contributed by atoms with Crippen molar-refractivity contribution in [3.05, 3.63) is 77.1 Å². The maximum atomic E-state index is 13.8. The van der Waals surface area contributed by atoms with E-state index in [1.807, 2.05) is 0 Å². The predicted octanol–water partition coefficient (Wildman–Crippen LogP) is 3.43. The topological polar surface area (TPSA) is 79.3 Å². The zero-order valence-electron chi connectivity index (χ0n) is 13.6. The van der Waals surface area contributed by atoms with Gasteiger partial charge in [0.05, 0.1) is 12.1 Å². The Labute approximate surface area is 153 Å². The molecule has 0 saturated heterocycles. The Kier molecular flexibility index (Phi) is 5.38. The third-order valence-corrected chi connectivity index (χ3v) is 4.61. The molecule has 0 unspecified atom stereocenters. The van der Waals surface area contributed by atoms with Gasteiger partial charge in [-0.1, -0.05) is 42.5 Å².